The van der Waals surface area contributed by atoms with Crippen LogP contribution in [0.4, 0.5) is 15.8 Å². The lowest BCUT2D eigenvalue weighted by Gasteiger charge is -2.18. The minimum atomic E-state index is -0.231. The fraction of sp³-hybridized carbons (Fsp3) is 0.200. The van der Waals surface area contributed by atoms with Crippen molar-refractivity contribution in [3.8, 4) is 0 Å². The number of hydrogen-bond donors (Lipinski definition) is 2. The van der Waals surface area contributed by atoms with E-state index in [-0.39, 0.29) is 11.9 Å². The normalized spacial score (nSPS) is 12.2. The number of rotatable bonds is 3. The Morgan fingerprint density at radius 1 is 1.15 bits per heavy atom. The maximum absolute atomic E-state index is 13.6. The monoisotopic (exact) mass is 312 g/mol. The molecule has 5 heteroatoms. The van der Waals surface area contributed by atoms with Gasteiger partial charge in [0.2, 0.25) is 0 Å². The lowest BCUT2D eigenvalue weighted by molar-refractivity contribution is 0.614. The van der Waals surface area contributed by atoms with Crippen LogP contribution in [-0.4, -0.2) is 0 Å². The van der Waals surface area contributed by atoms with Crippen LogP contribution in [0.25, 0.3) is 0 Å². The van der Waals surface area contributed by atoms with Gasteiger partial charge in [-0.05, 0) is 43.2 Å². The molecule has 0 bridgehead atoms. The zero-order valence-corrected chi connectivity index (χ0v) is 12.7. The first-order chi connectivity index (χ1) is 9.38. The van der Waals surface area contributed by atoms with E-state index in [1.54, 1.807) is 25.1 Å². The zero-order valence-electron chi connectivity index (χ0n) is 11.2. The Morgan fingerprint density at radius 2 is 1.75 bits per heavy atom. The SMILES string of the molecule is Cc1ccc(C(C)Nc2c(Cl)cc(N)cc2Cl)cc1F. The molecule has 0 fully saturated rings. The Labute approximate surface area is 127 Å². The summed E-state index contributed by atoms with van der Waals surface area (Å²) in [6, 6.07) is 8.23. The Balaban J connectivity index is 2.27. The van der Waals surface area contributed by atoms with Gasteiger partial charge in [0.15, 0.2) is 0 Å². The average molecular weight is 313 g/mol. The molecule has 2 aromatic rings. The van der Waals surface area contributed by atoms with Gasteiger partial charge in [-0.3, -0.25) is 0 Å². The van der Waals surface area contributed by atoms with Crippen LogP contribution in [0.15, 0.2) is 30.3 Å². The second kappa shape index (κ2) is 5.90. The summed E-state index contributed by atoms with van der Waals surface area (Å²) in [5.74, 6) is -0.231. The van der Waals surface area contributed by atoms with Crippen LogP contribution < -0.4 is 11.1 Å². The lowest BCUT2D eigenvalue weighted by atomic mass is 10.1. The minimum Gasteiger partial charge on any atom is -0.399 e. The number of nitrogens with two attached hydrogens (primary N) is 1. The number of aryl methyl sites for hydroxylation is 1. The number of nitrogen functional groups attached to an aromatic ring is 1. The highest BCUT2D eigenvalue weighted by molar-refractivity contribution is 6.39. The van der Waals surface area contributed by atoms with Crippen LogP contribution in [-0.2, 0) is 0 Å². The van der Waals surface area contributed by atoms with Crippen molar-refractivity contribution >= 4 is 34.6 Å². The molecule has 1 atom stereocenters. The minimum absolute atomic E-state index is 0.135. The largest absolute Gasteiger partial charge is 0.399 e. The third-order valence-electron chi connectivity index (χ3n) is 3.12. The van der Waals surface area contributed by atoms with Gasteiger partial charge in [0.05, 0.1) is 15.7 Å². The van der Waals surface area contributed by atoms with Crippen LogP contribution in [0.5, 0.6) is 0 Å². The van der Waals surface area contributed by atoms with Crippen molar-refractivity contribution in [3.63, 3.8) is 0 Å². The maximum Gasteiger partial charge on any atom is 0.126 e. The molecule has 0 saturated heterocycles. The Kier molecular flexibility index (Phi) is 4.41. The van der Waals surface area contributed by atoms with E-state index < -0.39 is 0 Å². The summed E-state index contributed by atoms with van der Waals surface area (Å²) in [5.41, 5.74) is 8.19. The van der Waals surface area contributed by atoms with Crippen LogP contribution in [0, 0.1) is 12.7 Å². The highest BCUT2D eigenvalue weighted by Gasteiger charge is 2.13. The van der Waals surface area contributed by atoms with Gasteiger partial charge in [-0.2, -0.15) is 0 Å². The molecule has 0 aliphatic rings. The fourth-order valence-corrected chi connectivity index (χ4v) is 2.52. The van der Waals surface area contributed by atoms with Crippen molar-refractivity contribution in [3.05, 3.63) is 57.3 Å². The molecule has 2 aromatic carbocycles. The fourth-order valence-electron chi connectivity index (χ4n) is 1.91. The van der Waals surface area contributed by atoms with E-state index in [4.69, 9.17) is 28.9 Å². The van der Waals surface area contributed by atoms with Crippen molar-refractivity contribution in [2.45, 2.75) is 19.9 Å². The van der Waals surface area contributed by atoms with Gasteiger partial charge < -0.3 is 11.1 Å². The van der Waals surface area contributed by atoms with E-state index in [9.17, 15) is 4.39 Å². The third kappa shape index (κ3) is 3.17. The summed E-state index contributed by atoms with van der Waals surface area (Å²) in [6.45, 7) is 3.64. The molecule has 0 heterocycles. The second-order valence-corrected chi connectivity index (χ2v) is 5.55. The van der Waals surface area contributed by atoms with Gasteiger partial charge in [0, 0.05) is 11.7 Å². The van der Waals surface area contributed by atoms with E-state index >= 15 is 0 Å². The molecular formula is C15H15Cl2FN2. The molecule has 0 radical (unpaired) electrons. The number of anilines is 2. The molecule has 0 aliphatic carbocycles. The average Bonchev–Trinajstić information content (AvgIpc) is 2.36. The first-order valence-electron chi connectivity index (χ1n) is 6.15. The Hall–Kier alpha value is -1.45. The van der Waals surface area contributed by atoms with E-state index in [2.05, 4.69) is 5.32 Å². The van der Waals surface area contributed by atoms with Gasteiger partial charge in [0.25, 0.3) is 0 Å². The smallest absolute Gasteiger partial charge is 0.126 e. The summed E-state index contributed by atoms with van der Waals surface area (Å²) in [5, 5.41) is 4.06. The third-order valence-corrected chi connectivity index (χ3v) is 3.72. The first kappa shape index (κ1) is 14.9. The highest BCUT2D eigenvalue weighted by atomic mass is 35.5. The van der Waals surface area contributed by atoms with E-state index in [0.717, 1.165) is 5.56 Å². The maximum atomic E-state index is 13.6. The van der Waals surface area contributed by atoms with Gasteiger partial charge >= 0.3 is 0 Å². The van der Waals surface area contributed by atoms with E-state index in [1.807, 2.05) is 13.0 Å². The summed E-state index contributed by atoms with van der Waals surface area (Å²) in [7, 11) is 0. The summed E-state index contributed by atoms with van der Waals surface area (Å²) < 4.78 is 13.6. The molecular weight excluding hydrogens is 298 g/mol. The molecule has 1 unspecified atom stereocenters. The van der Waals surface area contributed by atoms with Crippen molar-refractivity contribution in [1.29, 1.82) is 0 Å². The predicted octanol–water partition coefficient (Wildman–Crippen LogP) is 5.20. The number of hydrogen-bond acceptors (Lipinski definition) is 2. The molecule has 0 spiro atoms. The molecule has 20 heavy (non-hydrogen) atoms. The van der Waals surface area contributed by atoms with Crippen LogP contribution >= 0.6 is 23.2 Å². The lowest BCUT2D eigenvalue weighted by Crippen LogP contribution is -2.08. The molecule has 3 N–H and O–H groups in total. The molecule has 2 nitrogen and oxygen atoms in total. The Bertz CT molecular complexity index is 621. The van der Waals surface area contributed by atoms with Gasteiger partial charge in [-0.15, -0.1) is 0 Å². The molecule has 0 aromatic heterocycles. The summed E-state index contributed by atoms with van der Waals surface area (Å²) in [4.78, 5) is 0. The first-order valence-corrected chi connectivity index (χ1v) is 6.91. The molecule has 106 valence electrons. The topological polar surface area (TPSA) is 38.0 Å². The molecule has 0 saturated carbocycles. The Morgan fingerprint density at radius 3 is 2.30 bits per heavy atom. The highest BCUT2D eigenvalue weighted by Crippen LogP contribution is 2.35. The molecule has 0 amide bonds. The second-order valence-electron chi connectivity index (χ2n) is 4.73. The number of benzene rings is 2. The number of halogens is 3. The van der Waals surface area contributed by atoms with Crippen LogP contribution in [0.2, 0.25) is 10.0 Å². The van der Waals surface area contributed by atoms with Crippen molar-refractivity contribution in [2.75, 3.05) is 11.1 Å². The van der Waals surface area contributed by atoms with E-state index in [0.29, 0.717) is 27.0 Å². The standard InChI is InChI=1S/C15H15Cl2FN2/c1-8-3-4-10(5-14(8)18)9(2)20-15-12(16)6-11(19)7-13(15)17/h3-7,9,20H,19H2,1-2H3. The van der Waals surface area contributed by atoms with Gasteiger partial charge in [-0.1, -0.05) is 35.3 Å². The van der Waals surface area contributed by atoms with Gasteiger partial charge in [-0.25, -0.2) is 4.39 Å². The summed E-state index contributed by atoms with van der Waals surface area (Å²) >= 11 is 12.2. The summed E-state index contributed by atoms with van der Waals surface area (Å²) in [6.07, 6.45) is 0. The molecule has 2 rings (SSSR count). The molecule has 0 aliphatic heterocycles. The van der Waals surface area contributed by atoms with Crippen molar-refractivity contribution < 1.29 is 4.39 Å². The van der Waals surface area contributed by atoms with E-state index in [1.165, 1.54) is 6.07 Å². The zero-order chi connectivity index (χ0) is 14.9. The van der Waals surface area contributed by atoms with Crippen LogP contribution in [0.1, 0.15) is 24.1 Å². The van der Waals surface area contributed by atoms with Gasteiger partial charge in [0.1, 0.15) is 5.82 Å². The predicted molar refractivity (Wildman–Crippen MR) is 84.0 cm³/mol. The van der Waals surface area contributed by atoms with Crippen LogP contribution in [0.3, 0.4) is 0 Å². The van der Waals surface area contributed by atoms with Crippen molar-refractivity contribution in [1.82, 2.24) is 0 Å². The van der Waals surface area contributed by atoms with Crippen molar-refractivity contribution in [2.24, 2.45) is 0 Å². The number of nitrogens with one attached hydrogen (secondary N) is 1. The quantitative estimate of drug-likeness (QED) is 0.765.